The highest BCUT2D eigenvalue weighted by Crippen LogP contribution is 2.30. The molecule has 2 aromatic rings. The molecule has 1 heterocycles. The Labute approximate surface area is 144 Å². The molecule has 0 radical (unpaired) electrons. The molecule has 128 valence electrons. The minimum absolute atomic E-state index is 0.269. The van der Waals surface area contributed by atoms with E-state index in [0.717, 1.165) is 23.9 Å². The summed E-state index contributed by atoms with van der Waals surface area (Å²) in [4.78, 5) is 4.29. The van der Waals surface area contributed by atoms with Crippen LogP contribution >= 0.6 is 0 Å². The van der Waals surface area contributed by atoms with Crippen LogP contribution in [0.3, 0.4) is 0 Å². The molecular formula is C20H27N3O. The van der Waals surface area contributed by atoms with Gasteiger partial charge in [0.15, 0.2) is 0 Å². The largest absolute Gasteiger partial charge is 0.396 e. The van der Waals surface area contributed by atoms with E-state index in [9.17, 15) is 0 Å². The number of benzene rings is 1. The topological polar surface area (TPSA) is 57.2 Å². The van der Waals surface area contributed by atoms with Crippen LogP contribution in [0.15, 0.2) is 37.2 Å². The van der Waals surface area contributed by atoms with Crippen molar-refractivity contribution < 1.29 is 5.11 Å². The maximum absolute atomic E-state index is 8.87. The smallest absolute Gasteiger partial charge is 0.0443 e. The maximum atomic E-state index is 8.87. The van der Waals surface area contributed by atoms with Gasteiger partial charge < -0.3 is 15.7 Å². The van der Waals surface area contributed by atoms with Gasteiger partial charge in [-0.25, -0.2) is 0 Å². The average Bonchev–Trinajstić information content (AvgIpc) is 2.63. The third kappa shape index (κ3) is 3.94. The lowest BCUT2D eigenvalue weighted by Gasteiger charge is -2.31. The molecule has 0 atom stereocenters. The number of aliphatic hydroxyl groups is 1. The van der Waals surface area contributed by atoms with Gasteiger partial charge >= 0.3 is 0 Å². The fourth-order valence-corrected chi connectivity index (χ4v) is 3.58. The number of aromatic nitrogens is 1. The predicted molar refractivity (Wildman–Crippen MR) is 101 cm³/mol. The Balaban J connectivity index is 1.65. The van der Waals surface area contributed by atoms with Crippen LogP contribution in [-0.4, -0.2) is 35.3 Å². The Kier molecular flexibility index (Phi) is 5.83. The second-order valence-electron chi connectivity index (χ2n) is 6.56. The molecule has 1 saturated carbocycles. The second kappa shape index (κ2) is 8.27. The second-order valence-corrected chi connectivity index (χ2v) is 6.56. The van der Waals surface area contributed by atoms with Gasteiger partial charge in [0.25, 0.3) is 0 Å². The fraction of sp³-hybridized carbons (Fsp3) is 0.450. The van der Waals surface area contributed by atoms with Crippen molar-refractivity contribution in [1.82, 2.24) is 10.3 Å². The van der Waals surface area contributed by atoms with E-state index >= 15 is 0 Å². The van der Waals surface area contributed by atoms with Gasteiger partial charge in [0.1, 0.15) is 0 Å². The molecule has 0 amide bonds. The number of nitrogens with one attached hydrogen (secondary N) is 2. The van der Waals surface area contributed by atoms with Gasteiger partial charge in [0.2, 0.25) is 0 Å². The highest BCUT2D eigenvalue weighted by atomic mass is 16.3. The molecule has 1 fully saturated rings. The lowest BCUT2D eigenvalue weighted by molar-refractivity contribution is 0.276. The Morgan fingerprint density at radius 2 is 1.96 bits per heavy atom. The number of anilines is 1. The van der Waals surface area contributed by atoms with Crippen LogP contribution < -0.4 is 10.6 Å². The molecule has 1 aliphatic rings. The summed E-state index contributed by atoms with van der Waals surface area (Å²) in [7, 11) is 0. The molecule has 1 aliphatic carbocycles. The zero-order valence-electron chi connectivity index (χ0n) is 14.2. The summed E-state index contributed by atoms with van der Waals surface area (Å²) < 4.78 is 0. The van der Waals surface area contributed by atoms with E-state index in [0.29, 0.717) is 12.1 Å². The van der Waals surface area contributed by atoms with E-state index in [2.05, 4.69) is 40.4 Å². The molecule has 4 heteroatoms. The zero-order chi connectivity index (χ0) is 16.8. The van der Waals surface area contributed by atoms with Gasteiger partial charge in [0, 0.05) is 53.1 Å². The molecular weight excluding hydrogens is 298 g/mol. The number of rotatable bonds is 7. The molecule has 4 nitrogen and oxygen atoms in total. The standard InChI is InChI=1S/C20H27N3O/c1-2-15-13-21-14-16-5-3-6-19(20(15)16)23-18-9-7-17(8-10-18)22-11-4-12-24/h2-3,5-6,13-14,17-18,22-24H,1,4,7-12H2/t17-,18-. The van der Waals surface area contributed by atoms with Gasteiger partial charge in [-0.3, -0.25) is 4.98 Å². The molecule has 3 N–H and O–H groups in total. The van der Waals surface area contributed by atoms with Crippen LogP contribution in [0.1, 0.15) is 37.7 Å². The minimum Gasteiger partial charge on any atom is -0.396 e. The number of nitrogens with zero attached hydrogens (tertiary/aromatic N) is 1. The van der Waals surface area contributed by atoms with Crippen LogP contribution in [0.5, 0.6) is 0 Å². The third-order valence-electron chi connectivity index (χ3n) is 4.89. The fourth-order valence-electron chi connectivity index (χ4n) is 3.58. The lowest BCUT2D eigenvalue weighted by atomic mass is 9.90. The number of pyridine rings is 1. The van der Waals surface area contributed by atoms with E-state index < -0.39 is 0 Å². The lowest BCUT2D eigenvalue weighted by Crippen LogP contribution is -2.37. The first-order valence-electron chi connectivity index (χ1n) is 8.91. The molecule has 1 aromatic carbocycles. The van der Waals surface area contributed by atoms with Crippen LogP contribution in [0.2, 0.25) is 0 Å². The van der Waals surface area contributed by atoms with Crippen molar-refractivity contribution in [2.75, 3.05) is 18.5 Å². The van der Waals surface area contributed by atoms with Gasteiger partial charge in [-0.2, -0.15) is 0 Å². The quantitative estimate of drug-likeness (QED) is 0.681. The van der Waals surface area contributed by atoms with Crippen molar-refractivity contribution in [3.8, 4) is 0 Å². The maximum Gasteiger partial charge on any atom is 0.0443 e. The van der Waals surface area contributed by atoms with E-state index in [4.69, 9.17) is 5.11 Å². The van der Waals surface area contributed by atoms with Crippen LogP contribution in [0.4, 0.5) is 5.69 Å². The number of hydrogen-bond donors (Lipinski definition) is 3. The summed E-state index contributed by atoms with van der Waals surface area (Å²) in [6.45, 7) is 5.10. The number of aliphatic hydroxyl groups excluding tert-OH is 1. The summed E-state index contributed by atoms with van der Waals surface area (Å²) in [5.74, 6) is 0. The summed E-state index contributed by atoms with van der Waals surface area (Å²) in [6, 6.07) is 7.44. The zero-order valence-corrected chi connectivity index (χ0v) is 14.2. The summed E-state index contributed by atoms with van der Waals surface area (Å²) in [6.07, 6.45) is 11.2. The number of hydrogen-bond acceptors (Lipinski definition) is 4. The van der Waals surface area contributed by atoms with Crippen molar-refractivity contribution in [3.05, 3.63) is 42.7 Å². The predicted octanol–water partition coefficient (Wildman–Crippen LogP) is 3.57. The van der Waals surface area contributed by atoms with Gasteiger partial charge in [-0.1, -0.05) is 24.8 Å². The minimum atomic E-state index is 0.269. The van der Waals surface area contributed by atoms with E-state index in [1.54, 1.807) is 0 Å². The molecule has 0 aliphatic heterocycles. The molecule has 0 unspecified atom stereocenters. The van der Waals surface area contributed by atoms with Crippen LogP contribution in [0.25, 0.3) is 16.8 Å². The van der Waals surface area contributed by atoms with Crippen molar-refractivity contribution in [2.24, 2.45) is 0 Å². The molecule has 0 spiro atoms. The summed E-state index contributed by atoms with van der Waals surface area (Å²) >= 11 is 0. The molecule has 0 bridgehead atoms. The third-order valence-corrected chi connectivity index (χ3v) is 4.89. The van der Waals surface area contributed by atoms with E-state index in [1.165, 1.54) is 36.8 Å². The van der Waals surface area contributed by atoms with Crippen LogP contribution in [-0.2, 0) is 0 Å². The molecule has 1 aromatic heterocycles. The first-order valence-corrected chi connectivity index (χ1v) is 8.91. The van der Waals surface area contributed by atoms with E-state index in [1.807, 2.05) is 18.5 Å². The van der Waals surface area contributed by atoms with E-state index in [-0.39, 0.29) is 6.61 Å². The first kappa shape index (κ1) is 16.9. The van der Waals surface area contributed by atoms with Gasteiger partial charge in [-0.05, 0) is 44.7 Å². The van der Waals surface area contributed by atoms with Crippen molar-refractivity contribution in [2.45, 2.75) is 44.2 Å². The molecule has 0 saturated heterocycles. The Bertz CT molecular complexity index is 672. The molecule has 3 rings (SSSR count). The Hall–Kier alpha value is -1.91. The van der Waals surface area contributed by atoms with Crippen LogP contribution in [0, 0.1) is 0 Å². The summed E-state index contributed by atoms with van der Waals surface area (Å²) in [5, 5.41) is 18.5. The monoisotopic (exact) mass is 325 g/mol. The number of fused-ring (bicyclic) bond motifs is 1. The normalized spacial score (nSPS) is 20.9. The van der Waals surface area contributed by atoms with Gasteiger partial charge in [-0.15, -0.1) is 0 Å². The molecule has 24 heavy (non-hydrogen) atoms. The van der Waals surface area contributed by atoms with Crippen molar-refractivity contribution >= 4 is 22.5 Å². The van der Waals surface area contributed by atoms with Crippen molar-refractivity contribution in [1.29, 1.82) is 0 Å². The van der Waals surface area contributed by atoms with Crippen molar-refractivity contribution in [3.63, 3.8) is 0 Å². The average molecular weight is 325 g/mol. The SMILES string of the molecule is C=Cc1cncc2cccc(N[C@H]3CC[C@H](NCCCO)CC3)c12. The van der Waals surface area contributed by atoms with Gasteiger partial charge in [0.05, 0.1) is 0 Å². The highest BCUT2D eigenvalue weighted by Gasteiger charge is 2.21. The first-order chi connectivity index (χ1) is 11.8. The Morgan fingerprint density at radius 3 is 2.71 bits per heavy atom. The summed E-state index contributed by atoms with van der Waals surface area (Å²) in [5.41, 5.74) is 2.26. The Morgan fingerprint density at radius 1 is 1.17 bits per heavy atom. The highest BCUT2D eigenvalue weighted by molar-refractivity contribution is 5.99.